The summed E-state index contributed by atoms with van der Waals surface area (Å²) in [5.74, 6) is 0. The van der Waals surface area contributed by atoms with Gasteiger partial charge in [-0.05, 0) is 50.6 Å². The first-order valence-corrected chi connectivity index (χ1v) is 11.1. The van der Waals surface area contributed by atoms with Gasteiger partial charge in [0.1, 0.15) is 17.8 Å². The minimum atomic E-state index is -4.28. The number of benzene rings is 1. The van der Waals surface area contributed by atoms with E-state index < -0.39 is 28.3 Å². The summed E-state index contributed by atoms with van der Waals surface area (Å²) in [6.45, 7) is 4.68. The van der Waals surface area contributed by atoms with E-state index in [-0.39, 0.29) is 4.90 Å². The molecule has 32 heavy (non-hydrogen) atoms. The molecule has 0 spiro atoms. The first-order chi connectivity index (χ1) is 15.1. The van der Waals surface area contributed by atoms with Gasteiger partial charge in [0, 0.05) is 18.0 Å². The van der Waals surface area contributed by atoms with Gasteiger partial charge in [0.15, 0.2) is 0 Å². The monoisotopic (exact) mass is 454 g/mol. The molecule has 0 saturated carbocycles. The van der Waals surface area contributed by atoms with Gasteiger partial charge in [0.2, 0.25) is 0 Å². The summed E-state index contributed by atoms with van der Waals surface area (Å²) < 4.78 is 33.1. The van der Waals surface area contributed by atoms with Crippen molar-refractivity contribution in [3.8, 4) is 17.3 Å². The molecule has 10 nitrogen and oxygen atoms in total. The van der Waals surface area contributed by atoms with Crippen molar-refractivity contribution in [2.24, 2.45) is 0 Å². The number of sulfonamides is 1. The molecule has 11 heteroatoms. The lowest BCUT2D eigenvalue weighted by atomic mass is 10.2. The first-order valence-electron chi connectivity index (χ1n) is 9.62. The highest BCUT2D eigenvalue weighted by atomic mass is 32.2. The number of nitrogens with zero attached hydrogens (tertiary/aromatic N) is 6. The Labute approximate surface area is 186 Å². The Morgan fingerprint density at radius 1 is 1.16 bits per heavy atom. The van der Waals surface area contributed by atoms with Crippen molar-refractivity contribution >= 4 is 16.1 Å². The lowest BCUT2D eigenvalue weighted by molar-refractivity contribution is 0.0406. The van der Waals surface area contributed by atoms with Crippen LogP contribution in [0.25, 0.3) is 11.3 Å². The van der Waals surface area contributed by atoms with E-state index in [2.05, 4.69) is 15.3 Å². The lowest BCUT2D eigenvalue weighted by Gasteiger charge is -2.25. The Kier molecular flexibility index (Phi) is 6.55. The maximum atomic E-state index is 12.9. The summed E-state index contributed by atoms with van der Waals surface area (Å²) in [6, 6.07) is 11.3. The molecular weight excluding hydrogens is 432 g/mol. The van der Waals surface area contributed by atoms with Gasteiger partial charge in [0.25, 0.3) is 10.0 Å². The van der Waals surface area contributed by atoms with Crippen molar-refractivity contribution in [3.63, 3.8) is 0 Å². The van der Waals surface area contributed by atoms with Crippen molar-refractivity contribution < 1.29 is 17.9 Å². The number of rotatable bonds is 6. The minimum Gasteiger partial charge on any atom is -0.443 e. The minimum absolute atomic E-state index is 0.147. The Morgan fingerprint density at radius 2 is 1.81 bits per heavy atom. The largest absolute Gasteiger partial charge is 0.443 e. The van der Waals surface area contributed by atoms with E-state index in [9.17, 15) is 13.2 Å². The zero-order valence-corrected chi connectivity index (χ0v) is 18.7. The molecule has 2 heterocycles. The number of aromatic nitrogens is 4. The van der Waals surface area contributed by atoms with Crippen LogP contribution in [0.5, 0.6) is 0 Å². The zero-order chi connectivity index (χ0) is 23.4. The number of ether oxygens (including phenoxy) is 1. The van der Waals surface area contributed by atoms with Gasteiger partial charge in [-0.3, -0.25) is 4.98 Å². The molecule has 3 rings (SSSR count). The fourth-order valence-corrected chi connectivity index (χ4v) is 3.93. The third-order valence-electron chi connectivity index (χ3n) is 4.18. The lowest BCUT2D eigenvalue weighted by Crippen LogP contribution is -2.41. The highest BCUT2D eigenvalue weighted by molar-refractivity contribution is 7.89. The maximum absolute atomic E-state index is 12.9. The van der Waals surface area contributed by atoms with Gasteiger partial charge in [-0.25, -0.2) is 17.9 Å². The van der Waals surface area contributed by atoms with Crippen molar-refractivity contribution in [2.75, 3.05) is 6.54 Å². The van der Waals surface area contributed by atoms with E-state index in [0.29, 0.717) is 22.1 Å². The molecule has 0 bridgehead atoms. The highest BCUT2D eigenvalue weighted by Gasteiger charge is 2.33. The number of carbonyl (C=O) groups is 1. The van der Waals surface area contributed by atoms with Crippen molar-refractivity contribution in [3.05, 3.63) is 60.6 Å². The van der Waals surface area contributed by atoms with Crippen LogP contribution in [-0.4, -0.2) is 50.9 Å². The van der Waals surface area contributed by atoms with E-state index in [0.717, 1.165) is 5.56 Å². The fraction of sp³-hybridized carbons (Fsp3) is 0.286. The van der Waals surface area contributed by atoms with Crippen LogP contribution in [0.3, 0.4) is 0 Å². The Hall–Kier alpha value is -3.78. The van der Waals surface area contributed by atoms with Crippen LogP contribution >= 0.6 is 0 Å². The van der Waals surface area contributed by atoms with Crippen LogP contribution in [0.2, 0.25) is 0 Å². The number of pyridine rings is 1. The van der Waals surface area contributed by atoms with E-state index in [1.165, 1.54) is 12.1 Å². The molecule has 0 N–H and O–H groups in total. The second kappa shape index (κ2) is 9.15. The molecule has 2 aromatic heterocycles. The molecule has 0 radical (unpaired) electrons. The number of carbonyl (C=O) groups excluding carboxylic acids is 1. The average Bonchev–Trinajstić information content (AvgIpc) is 3.20. The second-order valence-electron chi connectivity index (χ2n) is 7.83. The second-order valence-corrected chi connectivity index (χ2v) is 9.69. The fourth-order valence-electron chi connectivity index (χ4n) is 2.73. The van der Waals surface area contributed by atoms with E-state index in [1.54, 1.807) is 62.2 Å². The van der Waals surface area contributed by atoms with E-state index >= 15 is 0 Å². The number of amides is 1. The van der Waals surface area contributed by atoms with Crippen LogP contribution in [-0.2, 0) is 21.3 Å². The molecule has 3 aromatic rings. The third kappa shape index (κ3) is 5.47. The number of nitriles is 1. The van der Waals surface area contributed by atoms with Gasteiger partial charge in [-0.1, -0.05) is 17.3 Å². The van der Waals surface area contributed by atoms with Crippen LogP contribution in [0.15, 0.2) is 59.9 Å². The van der Waals surface area contributed by atoms with Crippen LogP contribution in [0.4, 0.5) is 4.79 Å². The zero-order valence-electron chi connectivity index (χ0n) is 17.8. The van der Waals surface area contributed by atoms with E-state index in [4.69, 9.17) is 10.00 Å². The van der Waals surface area contributed by atoms with Crippen LogP contribution in [0.1, 0.15) is 26.3 Å². The normalized spacial score (nSPS) is 11.6. The summed E-state index contributed by atoms with van der Waals surface area (Å²) in [5.41, 5.74) is 1.31. The molecule has 1 amide bonds. The quantitative estimate of drug-likeness (QED) is 0.520. The predicted molar refractivity (Wildman–Crippen MR) is 115 cm³/mol. The SMILES string of the molecule is CC(C)(C)OC(=O)N(CC#N)S(=O)(=O)c1ccc(-c2cn(Cc3ccncc3)nn2)cc1. The molecule has 166 valence electrons. The predicted octanol–water partition coefficient (Wildman–Crippen LogP) is 2.84. The molecule has 1 aromatic carbocycles. The summed E-state index contributed by atoms with van der Waals surface area (Å²) >= 11 is 0. The Bertz CT molecular complexity index is 1230. The van der Waals surface area contributed by atoms with Crippen LogP contribution < -0.4 is 0 Å². The molecule has 0 unspecified atom stereocenters. The Balaban J connectivity index is 1.81. The first kappa shape index (κ1) is 22.9. The van der Waals surface area contributed by atoms with Crippen LogP contribution in [0, 0.1) is 11.3 Å². The van der Waals surface area contributed by atoms with Crippen molar-refractivity contribution in [2.45, 2.75) is 37.8 Å². The summed E-state index contributed by atoms with van der Waals surface area (Å²) in [6.07, 6.45) is 4.02. The highest BCUT2D eigenvalue weighted by Crippen LogP contribution is 2.23. The molecule has 0 aliphatic heterocycles. The number of hydrogen-bond donors (Lipinski definition) is 0. The summed E-state index contributed by atoms with van der Waals surface area (Å²) in [5, 5.41) is 17.2. The standard InChI is InChI=1S/C21H22N6O4S/c1-21(2,3)31-20(28)27(13-10-22)32(29,30)18-6-4-17(5-7-18)19-15-26(25-24-19)14-16-8-11-23-12-9-16/h4-9,11-12,15H,13-14H2,1-3H3. The molecular formula is C21H22N6O4S. The topological polar surface area (TPSA) is 131 Å². The molecule has 0 saturated heterocycles. The van der Waals surface area contributed by atoms with Gasteiger partial charge in [-0.15, -0.1) is 5.10 Å². The average molecular weight is 455 g/mol. The van der Waals surface area contributed by atoms with Crippen molar-refractivity contribution in [1.29, 1.82) is 5.26 Å². The molecule has 0 atom stereocenters. The Morgan fingerprint density at radius 3 is 2.41 bits per heavy atom. The van der Waals surface area contributed by atoms with Gasteiger partial charge in [-0.2, -0.15) is 9.57 Å². The van der Waals surface area contributed by atoms with Gasteiger partial charge in [0.05, 0.1) is 23.7 Å². The molecule has 0 fully saturated rings. The smallest absolute Gasteiger partial charge is 0.425 e. The summed E-state index contributed by atoms with van der Waals surface area (Å²) in [7, 11) is -4.28. The molecule has 0 aliphatic carbocycles. The molecule has 0 aliphatic rings. The van der Waals surface area contributed by atoms with Gasteiger partial charge < -0.3 is 4.74 Å². The third-order valence-corrected chi connectivity index (χ3v) is 5.91. The summed E-state index contributed by atoms with van der Waals surface area (Å²) in [4.78, 5) is 16.2. The maximum Gasteiger partial charge on any atom is 0.425 e. The van der Waals surface area contributed by atoms with Crippen molar-refractivity contribution in [1.82, 2.24) is 24.3 Å². The number of hydrogen-bond acceptors (Lipinski definition) is 8. The van der Waals surface area contributed by atoms with E-state index in [1.807, 2.05) is 12.1 Å². The van der Waals surface area contributed by atoms with Gasteiger partial charge >= 0.3 is 6.09 Å².